The molecule has 0 saturated heterocycles. The molecule has 2 aromatic rings. The van der Waals surface area contributed by atoms with Crippen LogP contribution in [0.15, 0.2) is 63.1 Å². The number of fused-ring (bicyclic) bond motifs is 6. The summed E-state index contributed by atoms with van der Waals surface area (Å²) in [5.74, 6) is -0.852. The Morgan fingerprint density at radius 2 is 1.86 bits per heavy atom. The highest BCUT2D eigenvalue weighted by Gasteiger charge is 2.57. The molecule has 8 nitrogen and oxygen atoms in total. The molecule has 2 bridgehead atoms. The van der Waals surface area contributed by atoms with Gasteiger partial charge in [0.15, 0.2) is 5.84 Å². The lowest BCUT2D eigenvalue weighted by Gasteiger charge is -2.44. The number of hydrogen-bond donors (Lipinski definition) is 3. The van der Waals surface area contributed by atoms with Crippen molar-refractivity contribution in [1.82, 2.24) is 10.2 Å². The number of rotatable bonds is 5. The van der Waals surface area contributed by atoms with Crippen molar-refractivity contribution >= 4 is 27.5 Å². The summed E-state index contributed by atoms with van der Waals surface area (Å²) in [5.41, 5.74) is 1.76. The van der Waals surface area contributed by atoms with Crippen molar-refractivity contribution in [3.8, 4) is 0 Å². The molecule has 2 fully saturated rings. The quantitative estimate of drug-likeness (QED) is 0.569. The first-order valence-electron chi connectivity index (χ1n) is 12.2. The smallest absolute Gasteiger partial charge is 0.286 e. The van der Waals surface area contributed by atoms with Gasteiger partial charge in [0.25, 0.3) is 15.9 Å². The van der Waals surface area contributed by atoms with E-state index in [0.717, 1.165) is 30.4 Å². The Labute approximate surface area is 209 Å². The monoisotopic (exact) mass is 510 g/mol. The summed E-state index contributed by atoms with van der Waals surface area (Å²) in [7, 11) is -2.33. The first kappa shape index (κ1) is 23.2. The molecule has 0 spiro atoms. The first-order chi connectivity index (χ1) is 17.3. The summed E-state index contributed by atoms with van der Waals surface area (Å²) in [4.78, 5) is 15.7. The number of aliphatic hydroxyl groups is 1. The molecule has 36 heavy (non-hydrogen) atoms. The van der Waals surface area contributed by atoms with Crippen molar-refractivity contribution < 1.29 is 22.7 Å². The van der Waals surface area contributed by atoms with E-state index in [1.54, 1.807) is 42.3 Å². The number of halogens is 1. The Hall–Kier alpha value is -3.24. The molecule has 2 aliphatic carbocycles. The summed E-state index contributed by atoms with van der Waals surface area (Å²) < 4.78 is 43.7. The van der Waals surface area contributed by atoms with E-state index in [4.69, 9.17) is 0 Å². The Kier molecular flexibility index (Phi) is 5.42. The minimum atomic E-state index is -4.10. The normalized spacial score (nSPS) is 28.0. The molecule has 3 N–H and O–H groups in total. The van der Waals surface area contributed by atoms with Gasteiger partial charge in [-0.05, 0) is 73.5 Å². The predicted octanol–water partition coefficient (Wildman–Crippen LogP) is 3.33. The topological polar surface area (TPSA) is 111 Å². The van der Waals surface area contributed by atoms with Crippen LogP contribution in [0.3, 0.4) is 0 Å². The zero-order valence-electron chi connectivity index (χ0n) is 19.7. The number of anilines is 1. The standard InChI is InChI=1S/C26H27FN4O4S/c1-28-12-15-4-9-19-20(10-15)36(34,35)30-25(29-19)22-24(32)21-16-5-6-17(11-16)23(21)31(26(22)33)13-14-2-7-18(27)8-3-14/h2-4,7-10,16-17,21,23,28,32H,5-6,11-13H2,1H3,(H,29,30)/t16-,17+,21?,23?/m0/s1. The number of hydrogen-bond acceptors (Lipinski definition) is 6. The lowest BCUT2D eigenvalue weighted by molar-refractivity contribution is -0.134. The van der Waals surface area contributed by atoms with E-state index in [9.17, 15) is 22.7 Å². The second-order valence-corrected chi connectivity index (χ2v) is 11.6. The molecule has 4 aliphatic rings. The third-order valence-corrected chi connectivity index (χ3v) is 9.27. The van der Waals surface area contributed by atoms with Crippen LogP contribution in [0.5, 0.6) is 0 Å². The van der Waals surface area contributed by atoms with Crippen molar-refractivity contribution in [3.63, 3.8) is 0 Å². The van der Waals surface area contributed by atoms with Crippen LogP contribution >= 0.6 is 0 Å². The van der Waals surface area contributed by atoms with Gasteiger partial charge in [-0.1, -0.05) is 18.2 Å². The largest absolute Gasteiger partial charge is 0.511 e. The lowest BCUT2D eigenvalue weighted by atomic mass is 9.77. The van der Waals surface area contributed by atoms with E-state index < -0.39 is 15.9 Å². The maximum Gasteiger partial charge on any atom is 0.286 e. The van der Waals surface area contributed by atoms with E-state index in [-0.39, 0.29) is 58.2 Å². The van der Waals surface area contributed by atoms with Gasteiger partial charge in [-0.2, -0.15) is 8.42 Å². The fourth-order valence-corrected chi connectivity index (χ4v) is 7.63. The fourth-order valence-electron chi connectivity index (χ4n) is 6.46. The van der Waals surface area contributed by atoms with Crippen LogP contribution in [0.2, 0.25) is 0 Å². The third kappa shape index (κ3) is 3.62. The summed E-state index contributed by atoms with van der Waals surface area (Å²) in [6, 6.07) is 10.8. The Morgan fingerprint density at radius 1 is 1.14 bits per heavy atom. The fraction of sp³-hybridized carbons (Fsp3) is 0.385. The molecule has 0 aromatic heterocycles. The minimum Gasteiger partial charge on any atom is -0.511 e. The Bertz CT molecular complexity index is 1420. The summed E-state index contributed by atoms with van der Waals surface area (Å²) in [6.07, 6.45) is 2.85. The average Bonchev–Trinajstić information content (AvgIpc) is 3.46. The molecule has 1 amide bonds. The Balaban J connectivity index is 1.42. The molecular formula is C26H27FN4O4S. The number of sulfonamides is 1. The van der Waals surface area contributed by atoms with Gasteiger partial charge >= 0.3 is 0 Å². The van der Waals surface area contributed by atoms with Gasteiger partial charge in [-0.15, -0.1) is 4.40 Å². The second kappa shape index (κ2) is 8.41. The van der Waals surface area contributed by atoms with Crippen molar-refractivity contribution in [2.45, 2.75) is 43.3 Å². The second-order valence-electron chi connectivity index (χ2n) is 10.1. The molecule has 188 valence electrons. The van der Waals surface area contributed by atoms with Gasteiger partial charge in [0.05, 0.1) is 5.69 Å². The van der Waals surface area contributed by atoms with Gasteiger partial charge < -0.3 is 20.6 Å². The molecule has 2 aromatic carbocycles. The van der Waals surface area contributed by atoms with E-state index >= 15 is 0 Å². The van der Waals surface area contributed by atoms with Crippen LogP contribution in [0.25, 0.3) is 0 Å². The van der Waals surface area contributed by atoms with Crippen LogP contribution in [0, 0.1) is 23.6 Å². The molecule has 2 heterocycles. The van der Waals surface area contributed by atoms with Gasteiger partial charge in [0, 0.05) is 25.0 Å². The van der Waals surface area contributed by atoms with Crippen LogP contribution in [0.1, 0.15) is 30.4 Å². The number of aliphatic hydroxyl groups excluding tert-OH is 1. The summed E-state index contributed by atoms with van der Waals surface area (Å²) in [6.45, 7) is 0.734. The van der Waals surface area contributed by atoms with Crippen molar-refractivity contribution in [1.29, 1.82) is 0 Å². The Morgan fingerprint density at radius 3 is 2.61 bits per heavy atom. The molecule has 2 saturated carbocycles. The maximum absolute atomic E-state index is 13.9. The zero-order valence-corrected chi connectivity index (χ0v) is 20.6. The first-order valence-corrected chi connectivity index (χ1v) is 13.6. The van der Waals surface area contributed by atoms with Crippen LogP contribution in [-0.4, -0.2) is 43.3 Å². The maximum atomic E-state index is 13.9. The van der Waals surface area contributed by atoms with E-state index in [1.807, 2.05) is 0 Å². The molecule has 2 unspecified atom stereocenters. The van der Waals surface area contributed by atoms with Crippen molar-refractivity contribution in [2.75, 3.05) is 12.4 Å². The summed E-state index contributed by atoms with van der Waals surface area (Å²) in [5, 5.41) is 17.4. The van der Waals surface area contributed by atoms with Crippen molar-refractivity contribution in [2.24, 2.45) is 22.2 Å². The predicted molar refractivity (Wildman–Crippen MR) is 132 cm³/mol. The minimum absolute atomic E-state index is 0.0308. The van der Waals surface area contributed by atoms with Crippen LogP contribution in [-0.2, 0) is 27.9 Å². The van der Waals surface area contributed by atoms with Gasteiger partial charge in [-0.25, -0.2) is 4.39 Å². The van der Waals surface area contributed by atoms with Crippen LogP contribution < -0.4 is 10.6 Å². The highest BCUT2D eigenvalue weighted by Crippen LogP contribution is 2.55. The summed E-state index contributed by atoms with van der Waals surface area (Å²) >= 11 is 0. The molecule has 0 radical (unpaired) electrons. The number of carbonyl (C=O) groups excluding carboxylic acids is 1. The number of nitrogens with one attached hydrogen (secondary N) is 2. The van der Waals surface area contributed by atoms with E-state index in [0.29, 0.717) is 12.2 Å². The number of benzene rings is 2. The van der Waals surface area contributed by atoms with Crippen molar-refractivity contribution in [3.05, 3.63) is 70.7 Å². The molecule has 6 rings (SSSR count). The average molecular weight is 511 g/mol. The molecular weight excluding hydrogens is 483 g/mol. The lowest BCUT2D eigenvalue weighted by Crippen LogP contribution is -2.53. The zero-order chi connectivity index (χ0) is 25.2. The number of carbonyl (C=O) groups is 1. The van der Waals surface area contributed by atoms with Gasteiger partial charge in [-0.3, -0.25) is 4.79 Å². The SMILES string of the molecule is CNCc1ccc2c(c1)S(=O)(=O)N=C(C1=C(O)C3C([C@@H]4CC[C@H]3C4)N(Cc3ccc(F)cc3)C1=O)N2. The molecule has 4 atom stereocenters. The number of amidine groups is 1. The third-order valence-electron chi connectivity index (χ3n) is 7.95. The highest BCUT2D eigenvalue weighted by atomic mass is 32.2. The van der Waals surface area contributed by atoms with Gasteiger partial charge in [0.2, 0.25) is 0 Å². The van der Waals surface area contributed by atoms with Gasteiger partial charge in [0.1, 0.15) is 22.0 Å². The highest BCUT2D eigenvalue weighted by molar-refractivity contribution is 7.90. The number of nitrogens with zero attached hydrogens (tertiary/aromatic N) is 2. The van der Waals surface area contributed by atoms with Crippen LogP contribution in [0.4, 0.5) is 10.1 Å². The number of amides is 1. The van der Waals surface area contributed by atoms with E-state index in [2.05, 4.69) is 15.0 Å². The molecule has 2 aliphatic heterocycles. The molecule has 10 heteroatoms. The van der Waals surface area contributed by atoms with E-state index in [1.165, 1.54) is 12.1 Å².